The van der Waals surface area contributed by atoms with Crippen LogP contribution in [0.5, 0.6) is 0 Å². The van der Waals surface area contributed by atoms with Crippen molar-refractivity contribution >= 4 is 11.8 Å². The zero-order chi connectivity index (χ0) is 24.9. The number of amides is 2. The summed E-state index contributed by atoms with van der Waals surface area (Å²) in [6.07, 6.45) is 0.127. The Labute approximate surface area is 204 Å². The Morgan fingerprint density at radius 2 is 1.57 bits per heavy atom. The van der Waals surface area contributed by atoms with Crippen LogP contribution in [0.25, 0.3) is 0 Å². The molecule has 1 saturated heterocycles. The van der Waals surface area contributed by atoms with E-state index in [0.29, 0.717) is 5.92 Å². The summed E-state index contributed by atoms with van der Waals surface area (Å²) >= 11 is 0. The van der Waals surface area contributed by atoms with Crippen LogP contribution in [0.1, 0.15) is 48.9 Å². The number of alkyl halides is 1. The molecule has 6 nitrogen and oxygen atoms in total. The van der Waals surface area contributed by atoms with Crippen LogP contribution in [-0.2, 0) is 16.1 Å². The number of aromatic nitrogens is 1. The molecule has 0 bridgehead atoms. The number of benzene rings is 2. The molecule has 1 aliphatic rings. The Kier molecular flexibility index (Phi) is 7.44. The monoisotopic (exact) mass is 475 g/mol. The van der Waals surface area contributed by atoms with E-state index >= 15 is 0 Å². The molecular weight excluding hydrogens is 445 g/mol. The predicted molar refractivity (Wildman–Crippen MR) is 133 cm³/mol. The van der Waals surface area contributed by atoms with E-state index in [4.69, 9.17) is 0 Å². The van der Waals surface area contributed by atoms with Gasteiger partial charge < -0.3 is 14.8 Å². The number of likely N-dealkylation sites (tertiary alicyclic amines) is 1. The molecule has 0 spiro atoms. The molecule has 0 radical (unpaired) electrons. The van der Waals surface area contributed by atoms with Crippen LogP contribution in [0.4, 0.5) is 4.39 Å². The van der Waals surface area contributed by atoms with Crippen molar-refractivity contribution in [3.05, 3.63) is 106 Å². The Morgan fingerprint density at radius 1 is 0.943 bits per heavy atom. The van der Waals surface area contributed by atoms with E-state index in [1.54, 1.807) is 12.1 Å². The molecule has 4 rings (SSSR count). The van der Waals surface area contributed by atoms with Gasteiger partial charge in [-0.15, -0.1) is 0 Å². The summed E-state index contributed by atoms with van der Waals surface area (Å²) in [4.78, 5) is 39.7. The third kappa shape index (κ3) is 5.67. The quantitative estimate of drug-likeness (QED) is 0.565. The van der Waals surface area contributed by atoms with Gasteiger partial charge in [-0.3, -0.25) is 14.4 Å². The number of nitrogens with one attached hydrogen (secondary N) is 1. The van der Waals surface area contributed by atoms with Crippen molar-refractivity contribution in [1.82, 2.24) is 14.8 Å². The molecule has 3 aromatic rings. The van der Waals surface area contributed by atoms with Crippen LogP contribution in [0.3, 0.4) is 0 Å². The molecule has 0 unspecified atom stereocenters. The maximum Gasteiger partial charge on any atom is 0.250 e. The van der Waals surface area contributed by atoms with Gasteiger partial charge in [0.1, 0.15) is 18.8 Å². The van der Waals surface area contributed by atoms with Crippen molar-refractivity contribution in [2.75, 3.05) is 6.54 Å². The van der Waals surface area contributed by atoms with E-state index in [1.807, 2.05) is 54.6 Å². The average molecular weight is 476 g/mol. The van der Waals surface area contributed by atoms with Crippen molar-refractivity contribution in [2.24, 2.45) is 0 Å². The first kappa shape index (κ1) is 24.4. The van der Waals surface area contributed by atoms with Gasteiger partial charge in [-0.2, -0.15) is 0 Å². The minimum absolute atomic E-state index is 0.0743. The first-order chi connectivity index (χ1) is 16.8. The second-order valence-electron chi connectivity index (χ2n) is 9.24. The Hall–Kier alpha value is -3.74. The lowest BCUT2D eigenvalue weighted by Gasteiger charge is -2.27. The van der Waals surface area contributed by atoms with Gasteiger partial charge in [0.2, 0.25) is 11.8 Å². The summed E-state index contributed by atoms with van der Waals surface area (Å²) in [6.45, 7) is 3.83. The predicted octanol–water partition coefficient (Wildman–Crippen LogP) is 3.82. The molecule has 0 saturated carbocycles. The number of rotatable bonds is 7. The van der Waals surface area contributed by atoms with Crippen LogP contribution in [-0.4, -0.2) is 40.0 Å². The highest BCUT2D eigenvalue weighted by Crippen LogP contribution is 2.27. The SMILES string of the molecule is CC(C)c1ccc([C@@H](NC(=O)[C@@H]2C[C@@H](F)CN2C(=O)Cn2ccccc2=O)c2ccccc2)cc1. The van der Waals surface area contributed by atoms with Crippen LogP contribution < -0.4 is 10.9 Å². The standard InChI is InChI=1S/C28H30FN3O3/c1-19(2)20-11-13-22(14-12-20)27(21-8-4-3-5-9-21)30-28(35)24-16-23(29)17-32(24)26(34)18-31-15-7-6-10-25(31)33/h3-15,19,23-24,27H,16-18H2,1-2H3,(H,30,35)/t23-,24+,27+/m1/s1. The van der Waals surface area contributed by atoms with E-state index in [1.165, 1.54) is 27.3 Å². The molecule has 1 aliphatic heterocycles. The number of carbonyl (C=O) groups is 2. The third-order valence-corrected chi connectivity index (χ3v) is 6.43. The summed E-state index contributed by atoms with van der Waals surface area (Å²) in [7, 11) is 0. The smallest absolute Gasteiger partial charge is 0.250 e. The van der Waals surface area contributed by atoms with Crippen molar-refractivity contribution in [2.45, 2.75) is 51.0 Å². The molecule has 1 fully saturated rings. The largest absolute Gasteiger partial charge is 0.343 e. The molecule has 2 aromatic carbocycles. The van der Waals surface area contributed by atoms with E-state index in [-0.39, 0.29) is 25.1 Å². The van der Waals surface area contributed by atoms with Crippen LogP contribution >= 0.6 is 0 Å². The minimum Gasteiger partial charge on any atom is -0.343 e. The van der Waals surface area contributed by atoms with Gasteiger partial charge in [-0.05, 0) is 28.7 Å². The number of pyridine rings is 1. The molecule has 0 aliphatic carbocycles. The molecule has 2 heterocycles. The maximum absolute atomic E-state index is 14.4. The number of hydrogen-bond acceptors (Lipinski definition) is 3. The molecule has 35 heavy (non-hydrogen) atoms. The fourth-order valence-electron chi connectivity index (χ4n) is 4.45. The molecule has 7 heteroatoms. The lowest BCUT2D eigenvalue weighted by Crippen LogP contribution is -2.48. The van der Waals surface area contributed by atoms with Crippen molar-refractivity contribution in [3.63, 3.8) is 0 Å². The average Bonchev–Trinajstić information content (AvgIpc) is 3.26. The molecule has 1 aromatic heterocycles. The summed E-state index contributed by atoms with van der Waals surface area (Å²) < 4.78 is 15.7. The Bertz CT molecular complexity index is 1220. The number of halogens is 1. The first-order valence-corrected chi connectivity index (χ1v) is 11.9. The highest BCUT2D eigenvalue weighted by atomic mass is 19.1. The van der Waals surface area contributed by atoms with E-state index in [2.05, 4.69) is 19.2 Å². The van der Waals surface area contributed by atoms with Gasteiger partial charge in [-0.25, -0.2) is 4.39 Å². The minimum atomic E-state index is -1.30. The lowest BCUT2D eigenvalue weighted by molar-refractivity contribution is -0.139. The molecule has 1 N–H and O–H groups in total. The zero-order valence-corrected chi connectivity index (χ0v) is 19.9. The van der Waals surface area contributed by atoms with Gasteiger partial charge in [-0.1, -0.05) is 74.5 Å². The van der Waals surface area contributed by atoms with E-state index in [9.17, 15) is 18.8 Å². The summed E-state index contributed by atoms with van der Waals surface area (Å²) in [6, 6.07) is 20.8. The fourth-order valence-corrected chi connectivity index (χ4v) is 4.45. The van der Waals surface area contributed by atoms with Gasteiger partial charge in [0.25, 0.3) is 5.56 Å². The van der Waals surface area contributed by atoms with Gasteiger partial charge in [0, 0.05) is 18.7 Å². The highest BCUT2D eigenvalue weighted by molar-refractivity contribution is 5.89. The highest BCUT2D eigenvalue weighted by Gasteiger charge is 2.40. The third-order valence-electron chi connectivity index (χ3n) is 6.43. The van der Waals surface area contributed by atoms with Crippen LogP contribution in [0.15, 0.2) is 83.8 Å². The number of hydrogen-bond donors (Lipinski definition) is 1. The zero-order valence-electron chi connectivity index (χ0n) is 19.9. The second-order valence-corrected chi connectivity index (χ2v) is 9.24. The molecule has 182 valence electrons. The van der Waals surface area contributed by atoms with Crippen molar-refractivity contribution in [1.29, 1.82) is 0 Å². The van der Waals surface area contributed by atoms with Crippen molar-refractivity contribution in [3.8, 4) is 0 Å². The Balaban J connectivity index is 1.56. The summed E-state index contributed by atoms with van der Waals surface area (Å²) in [5, 5.41) is 3.05. The topological polar surface area (TPSA) is 71.4 Å². The fraction of sp³-hybridized carbons (Fsp3) is 0.321. The first-order valence-electron chi connectivity index (χ1n) is 11.9. The second kappa shape index (κ2) is 10.7. The lowest BCUT2D eigenvalue weighted by atomic mass is 9.95. The maximum atomic E-state index is 14.4. The van der Waals surface area contributed by atoms with Crippen LogP contribution in [0, 0.1) is 0 Å². The van der Waals surface area contributed by atoms with Gasteiger partial charge in [0.05, 0.1) is 12.6 Å². The number of carbonyl (C=O) groups excluding carboxylic acids is 2. The number of nitrogens with zero attached hydrogens (tertiary/aromatic N) is 2. The van der Waals surface area contributed by atoms with Crippen LogP contribution in [0.2, 0.25) is 0 Å². The Morgan fingerprint density at radius 3 is 2.23 bits per heavy atom. The van der Waals surface area contributed by atoms with E-state index in [0.717, 1.165) is 11.1 Å². The molecular formula is C28H30FN3O3. The van der Waals surface area contributed by atoms with E-state index < -0.39 is 30.1 Å². The summed E-state index contributed by atoms with van der Waals surface area (Å²) in [5.41, 5.74) is 2.65. The van der Waals surface area contributed by atoms with Crippen molar-refractivity contribution < 1.29 is 14.0 Å². The van der Waals surface area contributed by atoms with Gasteiger partial charge >= 0.3 is 0 Å². The normalized spacial score (nSPS) is 18.5. The summed E-state index contributed by atoms with van der Waals surface area (Å²) in [5.74, 6) is -0.498. The molecule has 3 atom stereocenters. The molecule has 2 amide bonds. The van der Waals surface area contributed by atoms with Gasteiger partial charge in [0.15, 0.2) is 0 Å².